The van der Waals surface area contributed by atoms with E-state index < -0.39 is 91.5 Å². The van der Waals surface area contributed by atoms with Gasteiger partial charge in [0.2, 0.25) is 0 Å². The van der Waals surface area contributed by atoms with Gasteiger partial charge in [-0.05, 0) is 89.9 Å². The molecule has 0 bridgehead atoms. The van der Waals surface area contributed by atoms with Crippen molar-refractivity contribution < 1.29 is 75.8 Å². The second-order valence-corrected chi connectivity index (χ2v) is 28.7. The Morgan fingerprint density at radius 1 is 0.305 bits per heavy atom. The number of aliphatic hydroxyl groups is 2. The molecule has 0 aliphatic carbocycles. The first-order chi connectivity index (χ1) is 46.2. The summed E-state index contributed by atoms with van der Waals surface area (Å²) in [5.74, 6) is -1.57. The van der Waals surface area contributed by atoms with Crippen molar-refractivity contribution in [2.24, 2.45) is 0 Å². The molecule has 4 N–H and O–H groups in total. The van der Waals surface area contributed by atoms with Gasteiger partial charge in [0.25, 0.3) is 0 Å². The van der Waals surface area contributed by atoms with Gasteiger partial charge in [-0.15, -0.1) is 0 Å². The van der Waals surface area contributed by atoms with Crippen molar-refractivity contribution in [3.63, 3.8) is 0 Å². The first-order valence-corrected chi connectivity index (χ1v) is 41.2. The lowest BCUT2D eigenvalue weighted by atomic mass is 10.0. The Labute approximate surface area is 579 Å². The number of phosphoric ester groups is 2. The zero-order valence-electron chi connectivity index (χ0n) is 60.3. The van der Waals surface area contributed by atoms with Gasteiger partial charge >= 0.3 is 33.6 Å². The van der Waals surface area contributed by atoms with E-state index in [1.54, 1.807) is 0 Å². The molecule has 0 rings (SSSR count). The molecular weight excluding hydrogens is 1240 g/mol. The fourth-order valence-electron chi connectivity index (χ4n) is 10.6. The van der Waals surface area contributed by atoms with Crippen molar-refractivity contribution >= 4 is 33.6 Å². The maximum Gasteiger partial charge on any atom is 0.472 e. The summed E-state index contributed by atoms with van der Waals surface area (Å²) in [6.07, 6.45) is 77.0. The number of hydrogen-bond donors (Lipinski definition) is 4. The molecule has 0 aromatic heterocycles. The molecule has 18 heteroatoms. The van der Waals surface area contributed by atoms with Gasteiger partial charge in [-0.25, -0.2) is 9.13 Å². The van der Waals surface area contributed by atoms with E-state index in [0.29, 0.717) is 19.3 Å². The van der Waals surface area contributed by atoms with Gasteiger partial charge < -0.3 is 34.2 Å². The summed E-state index contributed by atoms with van der Waals surface area (Å²) in [5.41, 5.74) is 0. The van der Waals surface area contributed by atoms with Crippen molar-refractivity contribution in [2.75, 3.05) is 39.6 Å². The minimum absolute atomic E-state index is 0.109. The number of unbranched alkanes of at least 4 members (excludes halogenated alkanes) is 38. The second-order valence-electron chi connectivity index (χ2n) is 25.8. The quantitative estimate of drug-likeness (QED) is 0.0146. The molecule has 0 radical (unpaired) electrons. The van der Waals surface area contributed by atoms with Crippen LogP contribution in [-0.4, -0.2) is 95.9 Å². The van der Waals surface area contributed by atoms with Gasteiger partial charge in [0.05, 0.1) is 26.4 Å². The van der Waals surface area contributed by atoms with Gasteiger partial charge in [-0.2, -0.15) is 0 Å². The van der Waals surface area contributed by atoms with Crippen LogP contribution in [0.1, 0.15) is 342 Å². The summed E-state index contributed by atoms with van der Waals surface area (Å²) >= 11 is 0. The topological polar surface area (TPSA) is 231 Å². The maximum absolute atomic E-state index is 12.9. The predicted octanol–water partition coefficient (Wildman–Crippen LogP) is 21.9. The monoisotopic (exact) mass is 1380 g/mol. The normalized spacial score (nSPS) is 14.5. The van der Waals surface area contributed by atoms with E-state index in [-0.39, 0.29) is 19.3 Å². The van der Waals surface area contributed by atoms with Crippen LogP contribution in [0.5, 0.6) is 0 Å². The van der Waals surface area contributed by atoms with Crippen molar-refractivity contribution in [2.45, 2.75) is 360 Å². The molecule has 5 unspecified atom stereocenters. The van der Waals surface area contributed by atoms with Gasteiger partial charge in [0, 0.05) is 19.3 Å². The highest BCUT2D eigenvalue weighted by Crippen LogP contribution is 2.45. The minimum Gasteiger partial charge on any atom is -0.463 e. The molecule has 0 aliphatic rings. The van der Waals surface area contributed by atoms with Crippen molar-refractivity contribution in [1.82, 2.24) is 0 Å². The van der Waals surface area contributed by atoms with Crippen LogP contribution in [0.2, 0.25) is 0 Å². The Kier molecular flexibility index (Phi) is 68.6. The fourth-order valence-corrected chi connectivity index (χ4v) is 12.2. The van der Waals surface area contributed by atoms with Crippen LogP contribution in [0.4, 0.5) is 0 Å². The van der Waals surface area contributed by atoms with Gasteiger partial charge in [-0.1, -0.05) is 306 Å². The van der Waals surface area contributed by atoms with Crippen LogP contribution in [0.3, 0.4) is 0 Å². The van der Waals surface area contributed by atoms with E-state index in [4.69, 9.17) is 32.3 Å². The summed E-state index contributed by atoms with van der Waals surface area (Å²) in [7, 11) is -9.76. The molecule has 0 spiro atoms. The van der Waals surface area contributed by atoms with E-state index in [0.717, 1.165) is 116 Å². The third-order valence-corrected chi connectivity index (χ3v) is 18.3. The number of ether oxygens (including phenoxy) is 3. The fraction of sp³-hybridized carbons (Fsp3) is 0.805. The molecule has 95 heavy (non-hydrogen) atoms. The molecule has 16 nitrogen and oxygen atoms in total. The lowest BCUT2D eigenvalue weighted by Crippen LogP contribution is -2.30. The predicted molar refractivity (Wildman–Crippen MR) is 390 cm³/mol. The van der Waals surface area contributed by atoms with Crippen LogP contribution < -0.4 is 0 Å². The Bertz CT molecular complexity index is 2020. The van der Waals surface area contributed by atoms with Crippen LogP contribution >= 0.6 is 15.6 Å². The van der Waals surface area contributed by atoms with E-state index >= 15 is 0 Å². The summed E-state index contributed by atoms with van der Waals surface area (Å²) in [6.45, 7) is 2.58. The average Bonchev–Trinajstić information content (AvgIpc) is 3.18. The van der Waals surface area contributed by atoms with Crippen molar-refractivity contribution in [1.29, 1.82) is 0 Å². The Morgan fingerprint density at radius 2 is 0.558 bits per heavy atom. The van der Waals surface area contributed by atoms with E-state index in [2.05, 4.69) is 93.7 Å². The summed E-state index contributed by atoms with van der Waals surface area (Å²) in [5, 5.41) is 20.6. The summed E-state index contributed by atoms with van der Waals surface area (Å²) in [6, 6.07) is 0. The zero-order chi connectivity index (χ0) is 69.5. The molecule has 5 atom stereocenters. The number of aliphatic hydroxyl groups excluding tert-OH is 2. The minimum atomic E-state index is -4.91. The van der Waals surface area contributed by atoms with Crippen LogP contribution in [0, 0.1) is 0 Å². The van der Waals surface area contributed by atoms with Crippen molar-refractivity contribution in [3.05, 3.63) is 72.9 Å². The van der Waals surface area contributed by atoms with Crippen LogP contribution in [0.15, 0.2) is 72.9 Å². The number of rotatable bonds is 73. The number of hydrogen-bond acceptors (Lipinski definition) is 14. The molecule has 0 saturated carbocycles. The zero-order valence-corrected chi connectivity index (χ0v) is 62.1. The van der Waals surface area contributed by atoms with Gasteiger partial charge in [0.15, 0.2) is 6.10 Å². The van der Waals surface area contributed by atoms with Crippen molar-refractivity contribution in [3.8, 4) is 0 Å². The van der Waals surface area contributed by atoms with Crippen LogP contribution in [-0.2, 0) is 55.8 Å². The molecular formula is C77H140O16P2. The largest absolute Gasteiger partial charge is 0.472 e. The Hall–Kier alpha value is -3.01. The SMILES string of the molecule is CC/C=C\C/C=C\C/C=C\C/C=C\C/C=C\CCCCCCCCCCCCCCCCCCCC(=O)OCC(O)COP(=O)(O)OCC(O)COP(=O)(O)OCC(COC(=O)CCCCCCC/C=C\CCCCCCCC)OC(=O)CCCCCCCCCCCCC. The Balaban J connectivity index is 4.30. The second kappa shape index (κ2) is 70.8. The first-order valence-electron chi connectivity index (χ1n) is 38.2. The molecule has 0 heterocycles. The highest BCUT2D eigenvalue weighted by Gasteiger charge is 2.29. The number of esters is 3. The average molecular weight is 1380 g/mol. The highest BCUT2D eigenvalue weighted by atomic mass is 31.2. The molecule has 0 aromatic carbocycles. The number of carbonyl (C=O) groups excluding carboxylic acids is 3. The molecule has 0 saturated heterocycles. The number of carbonyl (C=O) groups is 3. The van der Waals surface area contributed by atoms with E-state index in [9.17, 15) is 43.5 Å². The third kappa shape index (κ3) is 72.1. The number of allylic oxidation sites excluding steroid dienone is 12. The molecule has 0 fully saturated rings. The Morgan fingerprint density at radius 3 is 0.895 bits per heavy atom. The molecule has 0 amide bonds. The van der Waals surface area contributed by atoms with E-state index in [1.165, 1.54) is 167 Å². The first kappa shape index (κ1) is 92.0. The molecule has 0 aromatic rings. The van der Waals surface area contributed by atoms with Crippen LogP contribution in [0.25, 0.3) is 0 Å². The van der Waals surface area contributed by atoms with Gasteiger partial charge in [0.1, 0.15) is 25.4 Å². The maximum atomic E-state index is 12.9. The molecule has 0 aliphatic heterocycles. The smallest absolute Gasteiger partial charge is 0.463 e. The molecule has 554 valence electrons. The lowest BCUT2D eigenvalue weighted by Gasteiger charge is -2.21. The van der Waals surface area contributed by atoms with Gasteiger partial charge in [-0.3, -0.25) is 32.5 Å². The third-order valence-electron chi connectivity index (χ3n) is 16.4. The number of phosphoric acid groups is 2. The highest BCUT2D eigenvalue weighted by molar-refractivity contribution is 7.47. The van der Waals surface area contributed by atoms with E-state index in [1.807, 2.05) is 0 Å². The summed E-state index contributed by atoms with van der Waals surface area (Å²) in [4.78, 5) is 58.4. The standard InChI is InChI=1S/C77H140O16P2/c1-4-7-10-13-16-19-22-24-26-27-28-29-30-31-32-33-34-35-36-37-38-39-40-41-42-43-45-47-49-51-54-57-60-63-75(80)87-66-72(78)67-89-94(83,84)90-68-73(79)69-91-95(85,86)92-71-74(93-77(82)65-62-59-56-53-48-21-18-15-12-9-6-3)70-88-76(81)64-61-58-55-52-50-46-44-25-23-20-17-14-11-8-5-2/h7,10,16,19,24-26,28-29,31-32,44,72-74,78-79H,4-6,8-9,11-15,17-18,20-23,27,30,33-43,45-71H2,1-3H3,(H,83,84)(H,85,86)/b10-7-,19-16-,26-24-,29-28-,32-31-,44-25-. The lowest BCUT2D eigenvalue weighted by molar-refractivity contribution is -0.161. The summed E-state index contributed by atoms with van der Waals surface area (Å²) < 4.78 is 60.9.